The summed E-state index contributed by atoms with van der Waals surface area (Å²) in [7, 11) is 0. The molecule has 0 saturated carbocycles. The van der Waals surface area contributed by atoms with Crippen molar-refractivity contribution in [3.05, 3.63) is 94.5 Å². The van der Waals surface area contributed by atoms with Crippen LogP contribution in [0.3, 0.4) is 0 Å². The van der Waals surface area contributed by atoms with Crippen molar-refractivity contribution >= 4 is 35.0 Å². The Balaban J connectivity index is 3.25. The molecule has 0 fully saturated rings. The summed E-state index contributed by atoms with van der Waals surface area (Å²) < 4.78 is 13.5. The molecule has 0 unspecified atom stereocenters. The molecule has 6 nitrogen and oxygen atoms in total. The van der Waals surface area contributed by atoms with Crippen molar-refractivity contribution in [1.82, 2.24) is 10.2 Å². The summed E-state index contributed by atoms with van der Waals surface area (Å²) in [5.74, 6) is -0.520. The van der Waals surface area contributed by atoms with Crippen LogP contribution in [0.5, 0.6) is 0 Å². The molecule has 0 radical (unpaired) electrons. The molecule has 0 aliphatic rings. The predicted octanol–water partition coefficient (Wildman–Crippen LogP) is 7.75. The molecule has 8 heteroatoms. The first kappa shape index (κ1) is 35.8. The number of nitrogens with zero attached hydrogens (tertiary/aromatic N) is 2. The molecule has 0 aromatic heterocycles. The Hall–Kier alpha value is -3.26. The van der Waals surface area contributed by atoms with Crippen LogP contribution in [0.15, 0.2) is 88.4 Å². The molecular formula is C33H45ClFN3O3. The fraction of sp³-hybridized carbons (Fsp3) is 0.394. The second kappa shape index (κ2) is 19.8. The van der Waals surface area contributed by atoms with Gasteiger partial charge in [-0.2, -0.15) is 0 Å². The molecule has 1 amide bonds. The standard InChI is InChI=1S/C33H45ClFN3O3/c1-7-14-30(25(5)34)36-21-22-38(9-3)33(41)28-18-20-31(37-26(6)24(4)17-19-29(35)8-2)27(23-28)15-12-10-11-13-16-32(39)40/h7-8,12,14-15,17-20,23,32,36,39-40H,2,9-11,13,16,21-22H2,1,3-6H3/b14-7-,15-12+,24-17+,29-19+,30-25-,37-26?. The van der Waals surface area contributed by atoms with Crippen LogP contribution < -0.4 is 5.32 Å². The highest BCUT2D eigenvalue weighted by Gasteiger charge is 2.16. The maximum absolute atomic E-state index is 13.5. The minimum Gasteiger partial charge on any atom is -0.382 e. The van der Waals surface area contributed by atoms with Crippen molar-refractivity contribution < 1.29 is 19.4 Å². The fourth-order valence-electron chi connectivity index (χ4n) is 3.76. The third kappa shape index (κ3) is 13.8. The Kier molecular flexibility index (Phi) is 17.2. The first-order valence-electron chi connectivity index (χ1n) is 13.9. The van der Waals surface area contributed by atoms with Crippen molar-refractivity contribution in [2.24, 2.45) is 4.99 Å². The zero-order valence-electron chi connectivity index (χ0n) is 25.0. The van der Waals surface area contributed by atoms with Crippen molar-refractivity contribution in [1.29, 1.82) is 0 Å². The number of hydrogen-bond donors (Lipinski definition) is 3. The van der Waals surface area contributed by atoms with E-state index >= 15 is 0 Å². The quantitative estimate of drug-likeness (QED) is 0.0755. The normalized spacial score (nSPS) is 13.8. The fourth-order valence-corrected chi connectivity index (χ4v) is 3.89. The van der Waals surface area contributed by atoms with Gasteiger partial charge in [0.1, 0.15) is 5.83 Å². The smallest absolute Gasteiger partial charge is 0.253 e. The number of aliphatic hydroxyl groups excluding tert-OH is 1. The zero-order chi connectivity index (χ0) is 30.8. The van der Waals surface area contributed by atoms with Crippen LogP contribution in [0.1, 0.15) is 76.2 Å². The number of aliphatic imine (C=N–C) groups is 1. The lowest BCUT2D eigenvalue weighted by atomic mass is 10.0. The predicted molar refractivity (Wildman–Crippen MR) is 171 cm³/mol. The third-order valence-electron chi connectivity index (χ3n) is 6.27. The molecule has 0 heterocycles. The van der Waals surface area contributed by atoms with E-state index in [0.717, 1.165) is 35.8 Å². The van der Waals surface area contributed by atoms with Crippen LogP contribution in [0, 0.1) is 0 Å². The largest absolute Gasteiger partial charge is 0.382 e. The van der Waals surface area contributed by atoms with Crippen molar-refractivity contribution in [2.75, 3.05) is 19.6 Å². The number of allylic oxidation sites excluding steroid dienone is 9. The topological polar surface area (TPSA) is 85.2 Å². The SMILES string of the molecule is C=C/C(F)=C\C=C(/C)C(C)=Nc1ccc(C(=O)N(CC)CCNC(/C=C\C)=C(/C)Cl)cc1/C=C/CCCCC(O)O. The first-order valence-corrected chi connectivity index (χ1v) is 14.3. The molecule has 3 N–H and O–H groups in total. The van der Waals surface area contributed by atoms with Gasteiger partial charge < -0.3 is 20.4 Å². The number of unbranched alkanes of at least 4 members (excludes halogenated alkanes) is 2. The average molecular weight is 586 g/mol. The Morgan fingerprint density at radius 2 is 1.95 bits per heavy atom. The van der Waals surface area contributed by atoms with E-state index in [1.54, 1.807) is 17.0 Å². The number of rotatable bonds is 17. The lowest BCUT2D eigenvalue weighted by Gasteiger charge is -2.22. The molecule has 0 aliphatic heterocycles. The summed E-state index contributed by atoms with van der Waals surface area (Å²) in [4.78, 5) is 20.0. The first-order chi connectivity index (χ1) is 19.5. The molecule has 1 rings (SSSR count). The summed E-state index contributed by atoms with van der Waals surface area (Å²) in [6.07, 6.45) is 13.1. The third-order valence-corrected chi connectivity index (χ3v) is 6.48. The number of hydrogen-bond acceptors (Lipinski definition) is 5. The van der Waals surface area contributed by atoms with Crippen LogP contribution in [0.25, 0.3) is 6.08 Å². The van der Waals surface area contributed by atoms with Gasteiger partial charge in [0.05, 0.1) is 5.69 Å². The Labute approximate surface area is 250 Å². The van der Waals surface area contributed by atoms with Crippen molar-refractivity contribution in [3.8, 4) is 0 Å². The van der Waals surface area contributed by atoms with E-state index in [4.69, 9.17) is 26.8 Å². The number of halogens is 2. The van der Waals surface area contributed by atoms with E-state index in [0.29, 0.717) is 54.5 Å². The van der Waals surface area contributed by atoms with Gasteiger partial charge >= 0.3 is 0 Å². The number of benzene rings is 1. The highest BCUT2D eigenvalue weighted by Crippen LogP contribution is 2.25. The van der Waals surface area contributed by atoms with Gasteiger partial charge in [-0.15, -0.1) is 0 Å². The Morgan fingerprint density at radius 3 is 2.56 bits per heavy atom. The Bertz CT molecular complexity index is 1190. The number of amides is 1. The minimum atomic E-state index is -1.29. The molecule has 1 aromatic carbocycles. The number of likely N-dealkylation sites (N-methyl/N-ethyl adjacent to an activating group) is 1. The van der Waals surface area contributed by atoms with E-state index in [2.05, 4.69) is 11.9 Å². The lowest BCUT2D eigenvalue weighted by Crippen LogP contribution is -2.36. The summed E-state index contributed by atoms with van der Waals surface area (Å²) in [5, 5.41) is 22.0. The molecule has 0 spiro atoms. The summed E-state index contributed by atoms with van der Waals surface area (Å²) >= 11 is 6.16. The van der Waals surface area contributed by atoms with E-state index in [9.17, 15) is 9.18 Å². The molecular weight excluding hydrogens is 541 g/mol. The van der Waals surface area contributed by atoms with Crippen LogP contribution in [-0.4, -0.2) is 52.7 Å². The van der Waals surface area contributed by atoms with Crippen LogP contribution >= 0.6 is 11.6 Å². The molecule has 0 saturated heterocycles. The van der Waals surface area contributed by atoms with Crippen LogP contribution in [0.2, 0.25) is 0 Å². The highest BCUT2D eigenvalue weighted by atomic mass is 35.5. The maximum atomic E-state index is 13.5. The molecule has 0 atom stereocenters. The van der Waals surface area contributed by atoms with Gasteiger partial charge in [0.25, 0.3) is 5.91 Å². The van der Waals surface area contributed by atoms with E-state index in [-0.39, 0.29) is 5.91 Å². The highest BCUT2D eigenvalue weighted by molar-refractivity contribution is 6.29. The van der Waals surface area contributed by atoms with Crippen LogP contribution in [-0.2, 0) is 0 Å². The van der Waals surface area contributed by atoms with Gasteiger partial charge in [-0.1, -0.05) is 42.5 Å². The Morgan fingerprint density at radius 1 is 1.22 bits per heavy atom. The summed E-state index contributed by atoms with van der Waals surface area (Å²) in [6.45, 7) is 14.4. The molecule has 0 bridgehead atoms. The van der Waals surface area contributed by atoms with Gasteiger partial charge in [-0.05, 0) is 102 Å². The van der Waals surface area contributed by atoms with Gasteiger partial charge in [0.2, 0.25) is 0 Å². The minimum absolute atomic E-state index is 0.0894. The molecule has 0 aliphatic carbocycles. The number of carbonyl (C=O) groups excluding carboxylic acids is 1. The van der Waals surface area contributed by atoms with Gasteiger partial charge in [0.15, 0.2) is 6.29 Å². The van der Waals surface area contributed by atoms with Crippen molar-refractivity contribution in [3.63, 3.8) is 0 Å². The van der Waals surface area contributed by atoms with Gasteiger partial charge in [-0.3, -0.25) is 9.79 Å². The molecule has 41 heavy (non-hydrogen) atoms. The number of aliphatic hydroxyl groups is 2. The van der Waals surface area contributed by atoms with E-state index < -0.39 is 12.1 Å². The summed E-state index contributed by atoms with van der Waals surface area (Å²) in [6, 6.07) is 5.43. The van der Waals surface area contributed by atoms with E-state index in [1.165, 1.54) is 6.08 Å². The zero-order valence-corrected chi connectivity index (χ0v) is 25.7. The van der Waals surface area contributed by atoms with Gasteiger partial charge in [0, 0.05) is 47.2 Å². The average Bonchev–Trinajstić information content (AvgIpc) is 2.94. The second-order valence-electron chi connectivity index (χ2n) is 9.50. The van der Waals surface area contributed by atoms with Gasteiger partial charge in [-0.25, -0.2) is 4.39 Å². The molecule has 224 valence electrons. The van der Waals surface area contributed by atoms with Crippen molar-refractivity contribution in [2.45, 2.75) is 66.6 Å². The monoisotopic (exact) mass is 585 g/mol. The second-order valence-corrected chi connectivity index (χ2v) is 10.1. The lowest BCUT2D eigenvalue weighted by molar-refractivity contribution is -0.0464. The number of nitrogens with one attached hydrogen (secondary N) is 1. The van der Waals surface area contributed by atoms with E-state index in [1.807, 2.05) is 71.1 Å². The van der Waals surface area contributed by atoms with Crippen LogP contribution in [0.4, 0.5) is 10.1 Å². The molecule has 1 aromatic rings. The number of carbonyl (C=O) groups is 1. The maximum Gasteiger partial charge on any atom is 0.253 e. The summed E-state index contributed by atoms with van der Waals surface area (Å²) in [5.41, 5.74) is 4.34.